The Balaban J connectivity index is 3.30. The lowest BCUT2D eigenvalue weighted by Crippen LogP contribution is -1.98. The van der Waals surface area contributed by atoms with Gasteiger partial charge in [0.2, 0.25) is 0 Å². The molecule has 0 saturated carbocycles. The molecule has 0 N–H and O–H groups in total. The standard InChI is InChI=1S/C8H6ClF2NO2/c1-14-6-2-4(8(10)11)7(9)12-5(6)3-13/h2-3,8H,1H3. The fourth-order valence-electron chi connectivity index (χ4n) is 0.901. The number of rotatable bonds is 3. The maximum absolute atomic E-state index is 12.3. The van der Waals surface area contributed by atoms with Crippen LogP contribution in [0.3, 0.4) is 0 Å². The van der Waals surface area contributed by atoms with Crippen LogP contribution in [0.15, 0.2) is 6.07 Å². The Kier molecular flexibility index (Phi) is 3.35. The van der Waals surface area contributed by atoms with Gasteiger partial charge in [-0.2, -0.15) is 0 Å². The Labute approximate surface area is 83.7 Å². The summed E-state index contributed by atoms with van der Waals surface area (Å²) in [6.45, 7) is 0. The average Bonchev–Trinajstić information content (AvgIpc) is 2.16. The number of methoxy groups -OCH3 is 1. The van der Waals surface area contributed by atoms with Gasteiger partial charge in [-0.05, 0) is 6.07 Å². The molecule has 1 aromatic heterocycles. The fourth-order valence-corrected chi connectivity index (χ4v) is 1.13. The van der Waals surface area contributed by atoms with Crippen molar-refractivity contribution >= 4 is 17.9 Å². The first kappa shape index (κ1) is 10.8. The minimum absolute atomic E-state index is 0.0142. The summed E-state index contributed by atoms with van der Waals surface area (Å²) in [6.07, 6.45) is -2.36. The second-order valence-electron chi connectivity index (χ2n) is 2.37. The predicted molar refractivity (Wildman–Crippen MR) is 46.1 cm³/mol. The summed E-state index contributed by atoms with van der Waals surface area (Å²) >= 11 is 5.43. The van der Waals surface area contributed by atoms with Gasteiger partial charge in [-0.1, -0.05) is 11.6 Å². The number of halogens is 3. The lowest BCUT2D eigenvalue weighted by Gasteiger charge is -2.07. The first-order valence-corrected chi connectivity index (χ1v) is 3.95. The number of carbonyl (C=O) groups is 1. The SMILES string of the molecule is COc1cc(C(F)F)c(Cl)nc1C=O. The molecule has 0 radical (unpaired) electrons. The summed E-state index contributed by atoms with van der Waals surface area (Å²) in [6, 6.07) is 1.00. The molecule has 0 saturated heterocycles. The van der Waals surface area contributed by atoms with Gasteiger partial charge < -0.3 is 4.74 Å². The molecule has 0 fully saturated rings. The van der Waals surface area contributed by atoms with E-state index in [4.69, 9.17) is 16.3 Å². The molecule has 0 unspecified atom stereocenters. The largest absolute Gasteiger partial charge is 0.494 e. The first-order valence-electron chi connectivity index (χ1n) is 3.58. The van der Waals surface area contributed by atoms with Crippen molar-refractivity contribution in [2.45, 2.75) is 6.43 Å². The number of ether oxygens (including phenoxy) is 1. The molecule has 0 spiro atoms. The summed E-state index contributed by atoms with van der Waals surface area (Å²) in [4.78, 5) is 13.9. The molecule has 1 heterocycles. The second-order valence-corrected chi connectivity index (χ2v) is 2.73. The Bertz CT molecular complexity index is 357. The smallest absolute Gasteiger partial charge is 0.266 e. The van der Waals surface area contributed by atoms with E-state index in [9.17, 15) is 13.6 Å². The van der Waals surface area contributed by atoms with Crippen LogP contribution < -0.4 is 4.74 Å². The Morgan fingerprint density at radius 3 is 2.71 bits per heavy atom. The van der Waals surface area contributed by atoms with E-state index in [-0.39, 0.29) is 16.6 Å². The van der Waals surface area contributed by atoms with Gasteiger partial charge in [0.25, 0.3) is 6.43 Å². The van der Waals surface area contributed by atoms with E-state index in [0.717, 1.165) is 6.07 Å². The minimum Gasteiger partial charge on any atom is -0.494 e. The third kappa shape index (κ3) is 1.98. The molecule has 0 aromatic carbocycles. The highest BCUT2D eigenvalue weighted by molar-refractivity contribution is 6.30. The molecule has 0 aliphatic carbocycles. The number of nitrogens with zero attached hydrogens (tertiary/aromatic N) is 1. The normalized spacial score (nSPS) is 10.4. The zero-order valence-corrected chi connectivity index (χ0v) is 7.89. The molecule has 1 aromatic rings. The molecule has 0 atom stereocenters. The number of aldehydes is 1. The maximum atomic E-state index is 12.3. The highest BCUT2D eigenvalue weighted by Gasteiger charge is 2.17. The summed E-state index contributed by atoms with van der Waals surface area (Å²) in [7, 11) is 1.26. The van der Waals surface area contributed by atoms with Gasteiger partial charge in [0.05, 0.1) is 12.7 Å². The van der Waals surface area contributed by atoms with E-state index in [1.807, 2.05) is 0 Å². The van der Waals surface area contributed by atoms with Gasteiger partial charge in [-0.3, -0.25) is 4.79 Å². The van der Waals surface area contributed by atoms with E-state index in [1.165, 1.54) is 7.11 Å². The van der Waals surface area contributed by atoms with Crippen molar-refractivity contribution in [2.75, 3.05) is 7.11 Å². The molecule has 0 bridgehead atoms. The fraction of sp³-hybridized carbons (Fsp3) is 0.250. The second kappa shape index (κ2) is 4.32. The van der Waals surface area contributed by atoms with Crippen LogP contribution in [0.1, 0.15) is 22.5 Å². The van der Waals surface area contributed by atoms with Crippen LogP contribution in [0.4, 0.5) is 8.78 Å². The molecule has 3 nitrogen and oxygen atoms in total. The van der Waals surface area contributed by atoms with Crippen molar-refractivity contribution in [1.82, 2.24) is 4.98 Å². The molecule has 6 heteroatoms. The Morgan fingerprint density at radius 2 is 2.29 bits per heavy atom. The molecular weight excluding hydrogens is 216 g/mol. The Morgan fingerprint density at radius 1 is 1.64 bits per heavy atom. The maximum Gasteiger partial charge on any atom is 0.266 e. The molecular formula is C8H6ClF2NO2. The number of alkyl halides is 2. The van der Waals surface area contributed by atoms with Gasteiger partial charge in [-0.15, -0.1) is 0 Å². The first-order chi connectivity index (χ1) is 6.60. The molecule has 14 heavy (non-hydrogen) atoms. The third-order valence-corrected chi connectivity index (χ3v) is 1.87. The van der Waals surface area contributed by atoms with Gasteiger partial charge in [0, 0.05) is 0 Å². The number of carbonyl (C=O) groups excluding carboxylic acids is 1. The lowest BCUT2D eigenvalue weighted by molar-refractivity contribution is 0.111. The number of aromatic nitrogens is 1. The van der Waals surface area contributed by atoms with Crippen molar-refractivity contribution in [1.29, 1.82) is 0 Å². The highest BCUT2D eigenvalue weighted by atomic mass is 35.5. The van der Waals surface area contributed by atoms with Crippen LogP contribution in [0.2, 0.25) is 5.15 Å². The van der Waals surface area contributed by atoms with E-state index in [1.54, 1.807) is 0 Å². The predicted octanol–water partition coefficient (Wildman–Crippen LogP) is 2.49. The topological polar surface area (TPSA) is 39.2 Å². The highest BCUT2D eigenvalue weighted by Crippen LogP contribution is 2.30. The van der Waals surface area contributed by atoms with Crippen molar-refractivity contribution in [3.8, 4) is 5.75 Å². The molecule has 76 valence electrons. The van der Waals surface area contributed by atoms with Crippen LogP contribution in [-0.4, -0.2) is 18.4 Å². The molecule has 0 aliphatic rings. The van der Waals surface area contributed by atoms with Gasteiger partial charge in [-0.25, -0.2) is 13.8 Å². The summed E-state index contributed by atoms with van der Waals surface area (Å²) in [5, 5.41) is -0.386. The number of hydrogen-bond donors (Lipinski definition) is 0. The van der Waals surface area contributed by atoms with Crippen LogP contribution >= 0.6 is 11.6 Å². The van der Waals surface area contributed by atoms with E-state index in [2.05, 4.69) is 4.98 Å². The van der Waals surface area contributed by atoms with E-state index >= 15 is 0 Å². The summed E-state index contributed by atoms with van der Waals surface area (Å²) in [5.74, 6) is -0.0142. The molecule has 1 rings (SSSR count). The van der Waals surface area contributed by atoms with Crippen LogP contribution in [0, 0.1) is 0 Å². The van der Waals surface area contributed by atoms with Crippen molar-refractivity contribution in [3.63, 3.8) is 0 Å². The van der Waals surface area contributed by atoms with Gasteiger partial charge in [0.1, 0.15) is 16.6 Å². The zero-order chi connectivity index (χ0) is 10.7. The van der Waals surface area contributed by atoms with Crippen molar-refractivity contribution < 1.29 is 18.3 Å². The monoisotopic (exact) mass is 221 g/mol. The van der Waals surface area contributed by atoms with Crippen molar-refractivity contribution in [3.05, 3.63) is 22.5 Å². The average molecular weight is 222 g/mol. The molecule has 0 aliphatic heterocycles. The third-order valence-electron chi connectivity index (χ3n) is 1.56. The van der Waals surface area contributed by atoms with Gasteiger partial charge >= 0.3 is 0 Å². The number of hydrogen-bond acceptors (Lipinski definition) is 3. The Hall–Kier alpha value is -1.23. The minimum atomic E-state index is -2.75. The van der Waals surface area contributed by atoms with Crippen molar-refractivity contribution in [2.24, 2.45) is 0 Å². The number of pyridine rings is 1. The van der Waals surface area contributed by atoms with Crippen LogP contribution in [0.25, 0.3) is 0 Å². The lowest BCUT2D eigenvalue weighted by atomic mass is 10.2. The molecule has 0 amide bonds. The van der Waals surface area contributed by atoms with E-state index in [0.29, 0.717) is 6.29 Å². The zero-order valence-electron chi connectivity index (χ0n) is 7.13. The quantitative estimate of drug-likeness (QED) is 0.582. The summed E-state index contributed by atoms with van der Waals surface area (Å²) < 4.78 is 29.3. The van der Waals surface area contributed by atoms with E-state index < -0.39 is 12.0 Å². The van der Waals surface area contributed by atoms with Crippen LogP contribution in [0.5, 0.6) is 5.75 Å². The van der Waals surface area contributed by atoms with Crippen LogP contribution in [-0.2, 0) is 0 Å². The summed E-state index contributed by atoms with van der Waals surface area (Å²) in [5.41, 5.74) is -0.545. The van der Waals surface area contributed by atoms with Gasteiger partial charge in [0.15, 0.2) is 6.29 Å².